The van der Waals surface area contributed by atoms with Gasteiger partial charge in [-0.1, -0.05) is 44.5 Å². The second-order valence-corrected chi connectivity index (χ2v) is 8.00. The van der Waals surface area contributed by atoms with Crippen LogP contribution in [0, 0.1) is 11.3 Å². The summed E-state index contributed by atoms with van der Waals surface area (Å²) in [6.45, 7) is 7.85. The van der Waals surface area contributed by atoms with Gasteiger partial charge in [-0.3, -0.25) is 4.90 Å². The van der Waals surface area contributed by atoms with E-state index in [1.807, 2.05) is 0 Å². The van der Waals surface area contributed by atoms with Gasteiger partial charge in [-0.25, -0.2) is 0 Å². The standard InChI is InChI=1S/C20H31NO/c1-16(2)13-17-6-8-18(9-7-17)14-21-12-4-11-20(15-21)10-3-5-19(20)22/h6-9,16,19,22H,3-5,10-15H2,1-2H3/t19-,20-/m1/s1. The van der Waals surface area contributed by atoms with Crippen molar-refractivity contribution in [3.05, 3.63) is 35.4 Å². The third-order valence-corrected chi connectivity index (χ3v) is 5.62. The number of piperidine rings is 1. The van der Waals surface area contributed by atoms with E-state index in [0.29, 0.717) is 0 Å². The Hall–Kier alpha value is -0.860. The van der Waals surface area contributed by atoms with Crippen LogP contribution in [-0.4, -0.2) is 29.2 Å². The molecule has 1 heterocycles. The van der Waals surface area contributed by atoms with E-state index in [2.05, 4.69) is 43.0 Å². The van der Waals surface area contributed by atoms with Gasteiger partial charge in [0.15, 0.2) is 0 Å². The largest absolute Gasteiger partial charge is 0.393 e. The number of hydrogen-bond donors (Lipinski definition) is 1. The summed E-state index contributed by atoms with van der Waals surface area (Å²) in [5, 5.41) is 10.4. The molecule has 0 bridgehead atoms. The zero-order valence-electron chi connectivity index (χ0n) is 14.2. The minimum atomic E-state index is -0.0660. The summed E-state index contributed by atoms with van der Waals surface area (Å²) in [4.78, 5) is 2.56. The molecule has 2 heteroatoms. The third kappa shape index (κ3) is 3.55. The molecule has 1 aromatic carbocycles. The van der Waals surface area contributed by atoms with Crippen molar-refractivity contribution >= 4 is 0 Å². The number of rotatable bonds is 4. The first-order valence-electron chi connectivity index (χ1n) is 9.06. The van der Waals surface area contributed by atoms with Gasteiger partial charge in [-0.15, -0.1) is 0 Å². The minimum Gasteiger partial charge on any atom is -0.393 e. The lowest BCUT2D eigenvalue weighted by Gasteiger charge is -2.42. The molecule has 122 valence electrons. The van der Waals surface area contributed by atoms with Crippen molar-refractivity contribution in [2.75, 3.05) is 13.1 Å². The zero-order valence-corrected chi connectivity index (χ0v) is 14.2. The van der Waals surface area contributed by atoms with Crippen LogP contribution in [0.4, 0.5) is 0 Å². The first kappa shape index (κ1) is 16.0. The van der Waals surface area contributed by atoms with E-state index in [1.54, 1.807) is 0 Å². The Morgan fingerprint density at radius 3 is 2.45 bits per heavy atom. The molecule has 2 aliphatic rings. The van der Waals surface area contributed by atoms with Crippen molar-refractivity contribution in [2.45, 2.75) is 65.0 Å². The molecule has 2 nitrogen and oxygen atoms in total. The highest BCUT2D eigenvalue weighted by Crippen LogP contribution is 2.45. The summed E-state index contributed by atoms with van der Waals surface area (Å²) < 4.78 is 0. The first-order chi connectivity index (χ1) is 10.6. The maximum Gasteiger partial charge on any atom is 0.0608 e. The van der Waals surface area contributed by atoms with Gasteiger partial charge in [0, 0.05) is 18.5 Å². The molecule has 2 atom stereocenters. The van der Waals surface area contributed by atoms with E-state index in [0.717, 1.165) is 25.4 Å². The SMILES string of the molecule is CC(C)Cc1ccc(CN2CCC[C@]3(CCC[C@H]3O)C2)cc1. The van der Waals surface area contributed by atoms with Gasteiger partial charge in [-0.2, -0.15) is 0 Å². The average Bonchev–Trinajstić information content (AvgIpc) is 2.81. The fourth-order valence-corrected chi connectivity index (χ4v) is 4.50. The summed E-state index contributed by atoms with van der Waals surface area (Å²) in [5.74, 6) is 0.719. The van der Waals surface area contributed by atoms with Crippen LogP contribution >= 0.6 is 0 Å². The van der Waals surface area contributed by atoms with Crippen LogP contribution in [-0.2, 0) is 13.0 Å². The van der Waals surface area contributed by atoms with Gasteiger partial charge < -0.3 is 5.11 Å². The van der Waals surface area contributed by atoms with E-state index in [4.69, 9.17) is 0 Å². The summed E-state index contributed by atoms with van der Waals surface area (Å²) in [7, 11) is 0. The Morgan fingerprint density at radius 1 is 1.14 bits per heavy atom. The predicted octanol–water partition coefficient (Wildman–Crippen LogP) is 4.01. The minimum absolute atomic E-state index is 0.0660. The number of aliphatic hydroxyl groups excluding tert-OH is 1. The summed E-state index contributed by atoms with van der Waals surface area (Å²) in [6, 6.07) is 9.17. The Labute approximate surface area is 135 Å². The molecule has 1 spiro atoms. The molecule has 0 unspecified atom stereocenters. The van der Waals surface area contributed by atoms with Gasteiger partial charge in [0.2, 0.25) is 0 Å². The van der Waals surface area contributed by atoms with Crippen LogP contribution in [0.15, 0.2) is 24.3 Å². The molecule has 1 aromatic rings. The maximum absolute atomic E-state index is 10.4. The Balaban J connectivity index is 1.60. The summed E-state index contributed by atoms with van der Waals surface area (Å²) in [5.41, 5.74) is 3.06. The molecular weight excluding hydrogens is 270 g/mol. The van der Waals surface area contributed by atoms with E-state index in [-0.39, 0.29) is 11.5 Å². The van der Waals surface area contributed by atoms with E-state index >= 15 is 0 Å². The molecule has 0 amide bonds. The van der Waals surface area contributed by atoms with Crippen molar-refractivity contribution in [1.29, 1.82) is 0 Å². The molecule has 1 saturated heterocycles. The second kappa shape index (κ2) is 6.72. The first-order valence-corrected chi connectivity index (χ1v) is 9.06. The van der Waals surface area contributed by atoms with Crippen molar-refractivity contribution in [1.82, 2.24) is 4.90 Å². The lowest BCUT2D eigenvalue weighted by molar-refractivity contribution is -0.0120. The smallest absolute Gasteiger partial charge is 0.0608 e. The van der Waals surface area contributed by atoms with Crippen molar-refractivity contribution in [3.63, 3.8) is 0 Å². The van der Waals surface area contributed by atoms with E-state index in [9.17, 15) is 5.11 Å². The average molecular weight is 301 g/mol. The quantitative estimate of drug-likeness (QED) is 0.908. The third-order valence-electron chi connectivity index (χ3n) is 5.62. The van der Waals surface area contributed by atoms with Crippen LogP contribution in [0.3, 0.4) is 0 Å². The molecular formula is C20H31NO. The number of nitrogens with zero attached hydrogens (tertiary/aromatic N) is 1. The van der Waals surface area contributed by atoms with Gasteiger partial charge in [0.1, 0.15) is 0 Å². The summed E-state index contributed by atoms with van der Waals surface area (Å²) >= 11 is 0. The lowest BCUT2D eigenvalue weighted by Crippen LogP contribution is -2.46. The number of likely N-dealkylation sites (tertiary alicyclic amines) is 1. The van der Waals surface area contributed by atoms with E-state index < -0.39 is 0 Å². The highest BCUT2D eigenvalue weighted by atomic mass is 16.3. The normalized spacial score (nSPS) is 29.5. The summed E-state index contributed by atoms with van der Waals surface area (Å²) in [6.07, 6.45) is 7.00. The molecule has 1 aliphatic heterocycles. The molecule has 0 aromatic heterocycles. The molecule has 1 N–H and O–H groups in total. The topological polar surface area (TPSA) is 23.5 Å². The van der Waals surface area contributed by atoms with Crippen molar-refractivity contribution < 1.29 is 5.11 Å². The van der Waals surface area contributed by atoms with Crippen LogP contribution < -0.4 is 0 Å². The zero-order chi connectivity index (χ0) is 15.6. The number of benzene rings is 1. The van der Waals surface area contributed by atoms with Crippen LogP contribution in [0.1, 0.15) is 57.1 Å². The predicted molar refractivity (Wildman–Crippen MR) is 91.8 cm³/mol. The number of aliphatic hydroxyl groups is 1. The fraction of sp³-hybridized carbons (Fsp3) is 0.700. The van der Waals surface area contributed by atoms with Gasteiger partial charge >= 0.3 is 0 Å². The van der Waals surface area contributed by atoms with Crippen LogP contribution in [0.5, 0.6) is 0 Å². The molecule has 0 radical (unpaired) electrons. The Bertz CT molecular complexity index is 481. The second-order valence-electron chi connectivity index (χ2n) is 8.00. The van der Waals surface area contributed by atoms with Crippen molar-refractivity contribution in [2.24, 2.45) is 11.3 Å². The van der Waals surface area contributed by atoms with Gasteiger partial charge in [0.25, 0.3) is 0 Å². The Morgan fingerprint density at radius 2 is 1.82 bits per heavy atom. The van der Waals surface area contributed by atoms with E-state index in [1.165, 1.54) is 49.8 Å². The van der Waals surface area contributed by atoms with Crippen LogP contribution in [0.2, 0.25) is 0 Å². The Kier molecular flexibility index (Phi) is 4.89. The van der Waals surface area contributed by atoms with Crippen molar-refractivity contribution in [3.8, 4) is 0 Å². The maximum atomic E-state index is 10.4. The van der Waals surface area contributed by atoms with Gasteiger partial charge in [0.05, 0.1) is 6.10 Å². The van der Waals surface area contributed by atoms with Gasteiger partial charge in [-0.05, 0) is 55.7 Å². The lowest BCUT2D eigenvalue weighted by atomic mass is 9.76. The molecule has 1 saturated carbocycles. The molecule has 1 aliphatic carbocycles. The number of hydrogen-bond acceptors (Lipinski definition) is 2. The highest BCUT2D eigenvalue weighted by Gasteiger charge is 2.44. The monoisotopic (exact) mass is 301 g/mol. The molecule has 3 rings (SSSR count). The molecule has 2 fully saturated rings. The van der Waals surface area contributed by atoms with Crippen LogP contribution in [0.25, 0.3) is 0 Å². The molecule has 22 heavy (non-hydrogen) atoms. The fourth-order valence-electron chi connectivity index (χ4n) is 4.50. The highest BCUT2D eigenvalue weighted by molar-refractivity contribution is 5.23.